The van der Waals surface area contributed by atoms with Crippen LogP contribution in [0.5, 0.6) is 0 Å². The monoisotopic (exact) mass is 485 g/mol. The molecule has 0 spiro atoms. The number of halogens is 1. The van der Waals surface area contributed by atoms with Crippen molar-refractivity contribution in [3.63, 3.8) is 0 Å². The molecule has 2 N–H and O–H groups in total. The lowest BCUT2D eigenvalue weighted by atomic mass is 10.0. The lowest BCUT2D eigenvalue weighted by Crippen LogP contribution is -2.31. The average molecular weight is 486 g/mol. The highest BCUT2D eigenvalue weighted by molar-refractivity contribution is 7.89. The van der Waals surface area contributed by atoms with Crippen LogP contribution in [0.2, 0.25) is 5.02 Å². The van der Waals surface area contributed by atoms with Crippen molar-refractivity contribution in [2.45, 2.75) is 17.4 Å². The van der Waals surface area contributed by atoms with Crippen LogP contribution in [-0.4, -0.2) is 38.6 Å². The fourth-order valence-electron chi connectivity index (χ4n) is 3.16. The molecule has 3 aromatic rings. The molecule has 0 aromatic heterocycles. The van der Waals surface area contributed by atoms with E-state index < -0.39 is 22.0 Å². The maximum Gasteiger partial charge on any atom is 0.253 e. The molecule has 33 heavy (non-hydrogen) atoms. The van der Waals surface area contributed by atoms with Crippen molar-refractivity contribution in [2.24, 2.45) is 0 Å². The molecule has 0 aliphatic rings. The lowest BCUT2D eigenvalue weighted by molar-refractivity contribution is -0.116. The molecule has 0 unspecified atom stereocenters. The molecular weight excluding hydrogens is 462 g/mol. The van der Waals surface area contributed by atoms with E-state index in [9.17, 15) is 18.0 Å². The molecule has 3 rings (SSSR count). The minimum absolute atomic E-state index is 0.0646. The van der Waals surface area contributed by atoms with E-state index in [1.165, 1.54) is 26.2 Å². The Morgan fingerprint density at radius 1 is 0.939 bits per heavy atom. The predicted octanol–water partition coefficient (Wildman–Crippen LogP) is 4.09. The molecular formula is C24H24ClN3O4S. The topological polar surface area (TPSA) is 95.6 Å². The van der Waals surface area contributed by atoms with Crippen LogP contribution in [-0.2, 0) is 14.8 Å². The Morgan fingerprint density at radius 2 is 1.61 bits per heavy atom. The largest absolute Gasteiger partial charge is 0.345 e. The van der Waals surface area contributed by atoms with E-state index in [-0.39, 0.29) is 17.2 Å². The maximum atomic E-state index is 12.8. The van der Waals surface area contributed by atoms with Gasteiger partial charge < -0.3 is 10.6 Å². The maximum absolute atomic E-state index is 12.8. The molecule has 172 valence electrons. The van der Waals surface area contributed by atoms with Gasteiger partial charge >= 0.3 is 0 Å². The molecule has 0 heterocycles. The molecule has 0 aliphatic heterocycles. The van der Waals surface area contributed by atoms with Crippen LogP contribution in [0.15, 0.2) is 83.8 Å². The van der Waals surface area contributed by atoms with Crippen molar-refractivity contribution in [3.8, 4) is 0 Å². The second kappa shape index (κ2) is 10.6. The second-order valence-electron chi connectivity index (χ2n) is 7.48. The van der Waals surface area contributed by atoms with Crippen molar-refractivity contribution in [1.29, 1.82) is 0 Å². The zero-order chi connectivity index (χ0) is 24.0. The van der Waals surface area contributed by atoms with Crippen LogP contribution in [0.4, 0.5) is 5.69 Å². The van der Waals surface area contributed by atoms with Gasteiger partial charge in [0.25, 0.3) is 5.91 Å². The molecule has 0 fully saturated rings. The van der Waals surface area contributed by atoms with E-state index in [2.05, 4.69) is 10.6 Å². The number of carbonyl (C=O) groups excluding carboxylic acids is 2. The molecule has 2 amide bonds. The highest BCUT2D eigenvalue weighted by Gasteiger charge is 2.21. The van der Waals surface area contributed by atoms with Gasteiger partial charge in [-0.05, 0) is 35.9 Å². The Hall–Kier alpha value is -3.20. The number of sulfonamides is 1. The number of hydrogen-bond donors (Lipinski definition) is 2. The van der Waals surface area contributed by atoms with Gasteiger partial charge in [-0.2, -0.15) is 0 Å². The van der Waals surface area contributed by atoms with Gasteiger partial charge in [-0.1, -0.05) is 60.1 Å². The number of anilines is 1. The highest BCUT2D eigenvalue weighted by Crippen LogP contribution is 2.22. The standard InChI is InChI=1S/C24H24ClN3O4S/c1-28(2)33(31,32)19-12-8-11-18(15-19)26-23(29)16-22(17-9-4-3-5-10-17)27-24(30)20-13-6-7-14-21(20)25/h3-15,22H,16H2,1-2H3,(H,26,29)(H,27,30)/t22-/m1/s1. The first-order chi connectivity index (χ1) is 15.7. The zero-order valence-corrected chi connectivity index (χ0v) is 19.7. The lowest BCUT2D eigenvalue weighted by Gasteiger charge is -2.20. The Kier molecular flexibility index (Phi) is 7.86. The first kappa shape index (κ1) is 24.4. The number of hydrogen-bond acceptors (Lipinski definition) is 4. The molecule has 3 aromatic carbocycles. The molecule has 0 saturated heterocycles. The number of carbonyl (C=O) groups is 2. The zero-order valence-electron chi connectivity index (χ0n) is 18.2. The predicted molar refractivity (Wildman–Crippen MR) is 129 cm³/mol. The van der Waals surface area contributed by atoms with Crippen LogP contribution in [0.25, 0.3) is 0 Å². The van der Waals surface area contributed by atoms with Crippen molar-refractivity contribution >= 4 is 39.1 Å². The number of amides is 2. The minimum Gasteiger partial charge on any atom is -0.345 e. The number of nitrogens with one attached hydrogen (secondary N) is 2. The number of rotatable bonds is 8. The molecule has 0 saturated carbocycles. The number of nitrogens with zero attached hydrogens (tertiary/aromatic N) is 1. The molecule has 0 bridgehead atoms. The fourth-order valence-corrected chi connectivity index (χ4v) is 4.33. The van der Waals surface area contributed by atoms with Crippen LogP contribution in [0, 0.1) is 0 Å². The summed E-state index contributed by atoms with van der Waals surface area (Å²) in [6.45, 7) is 0. The number of benzene rings is 3. The van der Waals surface area contributed by atoms with Gasteiger partial charge in [0.1, 0.15) is 0 Å². The van der Waals surface area contributed by atoms with Gasteiger partial charge in [-0.25, -0.2) is 12.7 Å². The summed E-state index contributed by atoms with van der Waals surface area (Å²) in [7, 11) is -0.765. The third kappa shape index (κ3) is 6.19. The van der Waals surface area contributed by atoms with Gasteiger partial charge in [0, 0.05) is 19.8 Å². The molecule has 1 atom stereocenters. The second-order valence-corrected chi connectivity index (χ2v) is 10.0. The van der Waals surface area contributed by atoms with Crippen LogP contribution >= 0.6 is 11.6 Å². The average Bonchev–Trinajstić information content (AvgIpc) is 2.79. The third-order valence-electron chi connectivity index (χ3n) is 4.91. The van der Waals surface area contributed by atoms with E-state index in [0.29, 0.717) is 16.3 Å². The van der Waals surface area contributed by atoms with Gasteiger partial charge in [-0.15, -0.1) is 0 Å². The minimum atomic E-state index is -3.64. The summed E-state index contributed by atoms with van der Waals surface area (Å²) in [5.41, 5.74) is 1.39. The van der Waals surface area contributed by atoms with Gasteiger partial charge in [0.2, 0.25) is 15.9 Å². The van der Waals surface area contributed by atoms with E-state index >= 15 is 0 Å². The molecule has 7 nitrogen and oxygen atoms in total. The highest BCUT2D eigenvalue weighted by atomic mass is 35.5. The Morgan fingerprint density at radius 3 is 2.27 bits per heavy atom. The molecule has 0 radical (unpaired) electrons. The summed E-state index contributed by atoms with van der Waals surface area (Å²) < 4.78 is 25.8. The quantitative estimate of drug-likeness (QED) is 0.502. The van der Waals surface area contributed by atoms with Crippen molar-refractivity contribution < 1.29 is 18.0 Å². The molecule has 9 heteroatoms. The Labute approximate surface area is 198 Å². The van der Waals surface area contributed by atoms with E-state index in [1.54, 1.807) is 36.4 Å². The van der Waals surface area contributed by atoms with Gasteiger partial charge in [0.05, 0.1) is 27.9 Å². The summed E-state index contributed by atoms with van der Waals surface area (Å²) in [4.78, 5) is 25.7. The van der Waals surface area contributed by atoms with E-state index in [1.807, 2.05) is 30.3 Å². The summed E-state index contributed by atoms with van der Waals surface area (Å²) in [5, 5.41) is 5.90. The Balaban J connectivity index is 1.79. The van der Waals surface area contributed by atoms with Crippen LogP contribution < -0.4 is 10.6 Å². The SMILES string of the molecule is CN(C)S(=O)(=O)c1cccc(NC(=O)C[C@@H](NC(=O)c2ccccc2Cl)c2ccccc2)c1. The summed E-state index contributed by atoms with van der Waals surface area (Å²) in [6.07, 6.45) is -0.0646. The summed E-state index contributed by atoms with van der Waals surface area (Å²) >= 11 is 6.14. The summed E-state index contributed by atoms with van der Waals surface area (Å²) in [6, 6.07) is 21.2. The molecule has 0 aliphatic carbocycles. The normalized spacial score (nSPS) is 12.2. The van der Waals surface area contributed by atoms with Gasteiger partial charge in [0.15, 0.2) is 0 Å². The van der Waals surface area contributed by atoms with Crippen molar-refractivity contribution in [1.82, 2.24) is 9.62 Å². The summed E-state index contributed by atoms with van der Waals surface area (Å²) in [5.74, 6) is -0.788. The van der Waals surface area contributed by atoms with E-state index in [4.69, 9.17) is 11.6 Å². The van der Waals surface area contributed by atoms with Gasteiger partial charge in [-0.3, -0.25) is 9.59 Å². The first-order valence-electron chi connectivity index (χ1n) is 10.1. The van der Waals surface area contributed by atoms with E-state index in [0.717, 1.165) is 9.87 Å². The Bertz CT molecular complexity index is 1250. The first-order valence-corrected chi connectivity index (χ1v) is 11.9. The fraction of sp³-hybridized carbons (Fsp3) is 0.167. The van der Waals surface area contributed by atoms with Crippen molar-refractivity contribution in [2.75, 3.05) is 19.4 Å². The van der Waals surface area contributed by atoms with Crippen LogP contribution in [0.3, 0.4) is 0 Å². The van der Waals surface area contributed by atoms with Crippen molar-refractivity contribution in [3.05, 3.63) is 95.0 Å². The third-order valence-corrected chi connectivity index (χ3v) is 7.05. The van der Waals surface area contributed by atoms with Crippen LogP contribution in [0.1, 0.15) is 28.4 Å². The smallest absolute Gasteiger partial charge is 0.253 e.